The van der Waals surface area contributed by atoms with E-state index >= 15 is 0 Å². The SMILES string of the molecule is CC(C)/C=C/CC(C)c1cccc(OCc2ccc(CO)c(CO)c2)c1. The first-order chi connectivity index (χ1) is 12.5. The minimum Gasteiger partial charge on any atom is -0.489 e. The van der Waals surface area contributed by atoms with Gasteiger partial charge in [-0.2, -0.15) is 0 Å². The Bertz CT molecular complexity index is 719. The Balaban J connectivity index is 2.00. The molecule has 0 heterocycles. The van der Waals surface area contributed by atoms with Gasteiger partial charge in [0, 0.05) is 0 Å². The topological polar surface area (TPSA) is 49.7 Å². The lowest BCUT2D eigenvalue weighted by molar-refractivity contribution is 0.259. The van der Waals surface area contributed by atoms with E-state index in [1.54, 1.807) is 0 Å². The third-order valence-electron chi connectivity index (χ3n) is 4.45. The number of benzene rings is 2. The van der Waals surface area contributed by atoms with Crippen LogP contribution in [0.15, 0.2) is 54.6 Å². The van der Waals surface area contributed by atoms with Crippen LogP contribution in [0.2, 0.25) is 0 Å². The van der Waals surface area contributed by atoms with Crippen molar-refractivity contribution in [3.05, 3.63) is 76.9 Å². The van der Waals surface area contributed by atoms with E-state index in [2.05, 4.69) is 45.1 Å². The van der Waals surface area contributed by atoms with Crippen molar-refractivity contribution in [2.75, 3.05) is 0 Å². The molecule has 140 valence electrons. The molecular formula is C23H30O3. The summed E-state index contributed by atoms with van der Waals surface area (Å²) >= 11 is 0. The zero-order chi connectivity index (χ0) is 18.9. The first-order valence-electron chi connectivity index (χ1n) is 9.25. The minimum absolute atomic E-state index is 0.0672. The van der Waals surface area contributed by atoms with Crippen molar-refractivity contribution in [1.29, 1.82) is 0 Å². The van der Waals surface area contributed by atoms with Crippen LogP contribution in [-0.4, -0.2) is 10.2 Å². The molecule has 0 radical (unpaired) electrons. The number of hydrogen-bond acceptors (Lipinski definition) is 3. The van der Waals surface area contributed by atoms with Gasteiger partial charge in [-0.15, -0.1) is 0 Å². The van der Waals surface area contributed by atoms with E-state index in [1.165, 1.54) is 5.56 Å². The number of hydrogen-bond donors (Lipinski definition) is 2. The van der Waals surface area contributed by atoms with Gasteiger partial charge in [0.1, 0.15) is 12.4 Å². The van der Waals surface area contributed by atoms with Gasteiger partial charge in [-0.1, -0.05) is 57.2 Å². The molecule has 0 spiro atoms. The molecule has 0 fully saturated rings. The second-order valence-electron chi connectivity index (χ2n) is 7.09. The summed E-state index contributed by atoms with van der Waals surface area (Å²) in [5, 5.41) is 18.7. The lowest BCUT2D eigenvalue weighted by atomic mass is 9.97. The fourth-order valence-electron chi connectivity index (χ4n) is 2.84. The lowest BCUT2D eigenvalue weighted by Gasteiger charge is -2.13. The van der Waals surface area contributed by atoms with Crippen molar-refractivity contribution >= 4 is 0 Å². The summed E-state index contributed by atoms with van der Waals surface area (Å²) in [5.74, 6) is 1.87. The van der Waals surface area contributed by atoms with Crippen molar-refractivity contribution in [3.63, 3.8) is 0 Å². The van der Waals surface area contributed by atoms with Crippen LogP contribution in [0.3, 0.4) is 0 Å². The molecule has 0 saturated carbocycles. The molecule has 0 aromatic heterocycles. The van der Waals surface area contributed by atoms with Crippen LogP contribution in [0, 0.1) is 5.92 Å². The molecular weight excluding hydrogens is 324 g/mol. The Morgan fingerprint density at radius 2 is 1.73 bits per heavy atom. The summed E-state index contributed by atoms with van der Waals surface area (Å²) in [6.07, 6.45) is 5.51. The van der Waals surface area contributed by atoms with Crippen molar-refractivity contribution < 1.29 is 14.9 Å². The number of aliphatic hydroxyl groups is 2. The van der Waals surface area contributed by atoms with Crippen molar-refractivity contribution in [1.82, 2.24) is 0 Å². The monoisotopic (exact) mass is 354 g/mol. The predicted molar refractivity (Wildman–Crippen MR) is 106 cm³/mol. The molecule has 26 heavy (non-hydrogen) atoms. The zero-order valence-electron chi connectivity index (χ0n) is 16.0. The van der Waals surface area contributed by atoms with E-state index < -0.39 is 0 Å². The number of ether oxygens (including phenoxy) is 1. The number of rotatable bonds is 9. The van der Waals surface area contributed by atoms with Gasteiger partial charge < -0.3 is 14.9 Å². The zero-order valence-corrected chi connectivity index (χ0v) is 16.0. The molecule has 3 heteroatoms. The molecule has 2 aromatic rings. The Labute approximate surface area is 157 Å². The van der Waals surface area contributed by atoms with E-state index in [4.69, 9.17) is 4.74 Å². The Kier molecular flexibility index (Phi) is 7.89. The summed E-state index contributed by atoms with van der Waals surface area (Å²) in [7, 11) is 0. The molecule has 0 saturated heterocycles. The molecule has 2 aromatic carbocycles. The van der Waals surface area contributed by atoms with Gasteiger partial charge in [0.2, 0.25) is 0 Å². The van der Waals surface area contributed by atoms with Crippen molar-refractivity contribution in [3.8, 4) is 5.75 Å². The second-order valence-corrected chi connectivity index (χ2v) is 7.09. The number of aliphatic hydroxyl groups excluding tert-OH is 2. The summed E-state index contributed by atoms with van der Waals surface area (Å²) in [5.41, 5.74) is 3.74. The van der Waals surface area contributed by atoms with E-state index in [9.17, 15) is 10.2 Å². The molecule has 0 amide bonds. The summed E-state index contributed by atoms with van der Waals surface area (Å²) in [4.78, 5) is 0. The summed E-state index contributed by atoms with van der Waals surface area (Å²) < 4.78 is 5.94. The molecule has 2 N–H and O–H groups in total. The predicted octanol–water partition coefficient (Wildman–Crippen LogP) is 4.96. The Morgan fingerprint density at radius 1 is 0.962 bits per heavy atom. The molecule has 3 nitrogen and oxygen atoms in total. The molecule has 0 aliphatic heterocycles. The molecule has 0 aliphatic rings. The van der Waals surface area contributed by atoms with E-state index in [0.717, 1.165) is 28.9 Å². The van der Waals surface area contributed by atoms with Gasteiger partial charge in [-0.05, 0) is 58.7 Å². The van der Waals surface area contributed by atoms with Crippen LogP contribution in [-0.2, 0) is 19.8 Å². The van der Waals surface area contributed by atoms with Crippen LogP contribution in [0.4, 0.5) is 0 Å². The highest BCUT2D eigenvalue weighted by Gasteiger charge is 2.07. The van der Waals surface area contributed by atoms with Gasteiger partial charge in [-0.3, -0.25) is 0 Å². The molecule has 0 aliphatic carbocycles. The molecule has 1 atom stereocenters. The minimum atomic E-state index is -0.0827. The van der Waals surface area contributed by atoms with Gasteiger partial charge in [0.15, 0.2) is 0 Å². The summed E-state index contributed by atoms with van der Waals surface area (Å²) in [6.45, 7) is 6.88. The highest BCUT2D eigenvalue weighted by Crippen LogP contribution is 2.24. The lowest BCUT2D eigenvalue weighted by Crippen LogP contribution is -2.00. The van der Waals surface area contributed by atoms with Crippen LogP contribution in [0.25, 0.3) is 0 Å². The number of allylic oxidation sites excluding steroid dienone is 2. The Hall–Kier alpha value is -2.10. The highest BCUT2D eigenvalue weighted by atomic mass is 16.5. The van der Waals surface area contributed by atoms with Crippen LogP contribution < -0.4 is 4.74 Å². The maximum absolute atomic E-state index is 9.40. The van der Waals surface area contributed by atoms with Gasteiger partial charge in [-0.25, -0.2) is 0 Å². The van der Waals surface area contributed by atoms with E-state index in [-0.39, 0.29) is 13.2 Å². The summed E-state index contributed by atoms with van der Waals surface area (Å²) in [6, 6.07) is 13.9. The average molecular weight is 354 g/mol. The van der Waals surface area contributed by atoms with Crippen molar-refractivity contribution in [2.24, 2.45) is 5.92 Å². The maximum atomic E-state index is 9.40. The maximum Gasteiger partial charge on any atom is 0.120 e. The third-order valence-corrected chi connectivity index (χ3v) is 4.45. The fraction of sp³-hybridized carbons (Fsp3) is 0.391. The standard InChI is InChI=1S/C23H30O3/c1-17(2)6-4-7-18(3)20-8-5-9-23(13-20)26-16-19-10-11-21(14-24)22(12-19)15-25/h4-6,8-13,17-18,24-25H,7,14-16H2,1-3H3/b6-4+. The molecule has 2 rings (SSSR count). The van der Waals surface area contributed by atoms with Crippen LogP contribution in [0.1, 0.15) is 55.4 Å². The van der Waals surface area contributed by atoms with Gasteiger partial charge in [0.25, 0.3) is 0 Å². The van der Waals surface area contributed by atoms with E-state index in [0.29, 0.717) is 18.4 Å². The molecule has 1 unspecified atom stereocenters. The largest absolute Gasteiger partial charge is 0.489 e. The highest BCUT2D eigenvalue weighted by molar-refractivity contribution is 5.33. The van der Waals surface area contributed by atoms with Crippen LogP contribution in [0.5, 0.6) is 5.75 Å². The normalized spacial score (nSPS) is 12.7. The first-order valence-corrected chi connectivity index (χ1v) is 9.25. The third kappa shape index (κ3) is 6.01. The van der Waals surface area contributed by atoms with Gasteiger partial charge >= 0.3 is 0 Å². The second kappa shape index (κ2) is 10.1. The first kappa shape index (κ1) is 20.2. The smallest absolute Gasteiger partial charge is 0.120 e. The van der Waals surface area contributed by atoms with Crippen molar-refractivity contribution in [2.45, 2.75) is 52.9 Å². The van der Waals surface area contributed by atoms with E-state index in [1.807, 2.05) is 30.3 Å². The van der Waals surface area contributed by atoms with Gasteiger partial charge in [0.05, 0.1) is 13.2 Å². The quantitative estimate of drug-likeness (QED) is 0.626. The fourth-order valence-corrected chi connectivity index (χ4v) is 2.84. The van der Waals surface area contributed by atoms with Crippen LogP contribution >= 0.6 is 0 Å². The average Bonchev–Trinajstić information content (AvgIpc) is 2.65. The molecule has 0 bridgehead atoms. The Morgan fingerprint density at radius 3 is 2.42 bits per heavy atom.